The average molecular weight is 311 g/mol. The largest absolute Gasteiger partial charge is 0.218 e. The normalized spacial score (nSPS) is 10.9. The molecule has 1 aromatic heterocycles. The van der Waals surface area contributed by atoms with Crippen molar-refractivity contribution in [2.75, 3.05) is 0 Å². The van der Waals surface area contributed by atoms with E-state index in [-0.39, 0.29) is 0 Å². The van der Waals surface area contributed by atoms with Crippen LogP contribution < -0.4 is 0 Å². The lowest BCUT2D eigenvalue weighted by Gasteiger charge is -2.08. The fourth-order valence-corrected chi connectivity index (χ4v) is 2.59. The van der Waals surface area contributed by atoms with Crippen LogP contribution in [0.4, 0.5) is 0 Å². The molecule has 0 saturated heterocycles. The van der Waals surface area contributed by atoms with E-state index in [1.807, 2.05) is 0 Å². The predicted molar refractivity (Wildman–Crippen MR) is 96.5 cm³/mol. The second-order valence-electron chi connectivity index (χ2n) is 6.27. The highest BCUT2D eigenvalue weighted by molar-refractivity contribution is 5.55. The smallest absolute Gasteiger partial charge is 0.163 e. The Morgan fingerprint density at radius 3 is 1.70 bits per heavy atom. The van der Waals surface area contributed by atoms with Crippen LogP contribution in [-0.2, 0) is 12.8 Å². The summed E-state index contributed by atoms with van der Waals surface area (Å²) in [6.45, 7) is 6.55. The Morgan fingerprint density at radius 2 is 1.22 bits per heavy atom. The van der Waals surface area contributed by atoms with Crippen molar-refractivity contribution in [2.45, 2.75) is 72.1 Å². The van der Waals surface area contributed by atoms with Crippen molar-refractivity contribution in [3.63, 3.8) is 0 Å². The molecule has 0 bridgehead atoms. The summed E-state index contributed by atoms with van der Waals surface area (Å²) in [5.74, 6) is 2.74. The van der Waals surface area contributed by atoms with E-state index >= 15 is 0 Å². The van der Waals surface area contributed by atoms with Crippen molar-refractivity contribution in [2.24, 2.45) is 0 Å². The third-order valence-electron chi connectivity index (χ3n) is 4.05. The van der Waals surface area contributed by atoms with Crippen LogP contribution in [-0.4, -0.2) is 15.0 Å². The molecule has 23 heavy (non-hydrogen) atoms. The zero-order valence-corrected chi connectivity index (χ0v) is 14.8. The Morgan fingerprint density at radius 1 is 0.696 bits per heavy atom. The molecule has 0 aliphatic rings. The predicted octanol–water partition coefficient (Wildman–Crippen LogP) is 5.31. The molecule has 2 rings (SSSR count). The van der Waals surface area contributed by atoms with Crippen molar-refractivity contribution in [3.8, 4) is 11.4 Å². The molecule has 3 heteroatoms. The van der Waals surface area contributed by atoms with Crippen LogP contribution in [0.25, 0.3) is 11.4 Å². The van der Waals surface area contributed by atoms with Gasteiger partial charge in [0.2, 0.25) is 0 Å². The number of nitrogens with zero attached hydrogens (tertiary/aromatic N) is 3. The van der Waals surface area contributed by atoms with Gasteiger partial charge in [0.15, 0.2) is 5.82 Å². The van der Waals surface area contributed by atoms with Crippen molar-refractivity contribution in [1.29, 1.82) is 0 Å². The molecule has 3 nitrogen and oxygen atoms in total. The van der Waals surface area contributed by atoms with E-state index in [0.717, 1.165) is 48.7 Å². The first-order chi connectivity index (χ1) is 11.2. The number of unbranched alkanes of at least 4 members (excludes halogenated alkanes) is 4. The Bertz CT molecular complexity index is 562. The molecule has 1 heterocycles. The van der Waals surface area contributed by atoms with Gasteiger partial charge in [-0.15, -0.1) is 0 Å². The van der Waals surface area contributed by atoms with Gasteiger partial charge in [-0.1, -0.05) is 69.4 Å². The monoisotopic (exact) mass is 311 g/mol. The molecule has 0 radical (unpaired) electrons. The third-order valence-corrected chi connectivity index (χ3v) is 4.05. The van der Waals surface area contributed by atoms with E-state index in [0.29, 0.717) is 0 Å². The molecule has 1 aromatic carbocycles. The summed E-state index contributed by atoms with van der Waals surface area (Å²) in [5.41, 5.74) is 2.35. The van der Waals surface area contributed by atoms with Crippen molar-refractivity contribution >= 4 is 0 Å². The minimum absolute atomic E-state index is 0.831. The fourth-order valence-electron chi connectivity index (χ4n) is 2.59. The lowest BCUT2D eigenvalue weighted by Crippen LogP contribution is -2.06. The van der Waals surface area contributed by atoms with E-state index < -0.39 is 0 Å². The average Bonchev–Trinajstić information content (AvgIpc) is 2.56. The molecule has 0 amide bonds. The van der Waals surface area contributed by atoms with E-state index in [2.05, 4.69) is 45.0 Å². The highest BCUT2D eigenvalue weighted by Crippen LogP contribution is 2.17. The van der Waals surface area contributed by atoms with Gasteiger partial charge in [-0.25, -0.2) is 15.0 Å². The first-order valence-electron chi connectivity index (χ1n) is 9.03. The molecule has 0 unspecified atom stereocenters. The zero-order valence-electron chi connectivity index (χ0n) is 14.8. The lowest BCUT2D eigenvalue weighted by atomic mass is 10.1. The molecule has 124 valence electrons. The van der Waals surface area contributed by atoms with E-state index in [4.69, 9.17) is 15.0 Å². The van der Waals surface area contributed by atoms with Crippen LogP contribution in [0.1, 0.15) is 69.6 Å². The maximum Gasteiger partial charge on any atom is 0.163 e. The Labute approximate surface area is 140 Å². The summed E-state index contributed by atoms with van der Waals surface area (Å²) >= 11 is 0. The summed E-state index contributed by atoms with van der Waals surface area (Å²) in [4.78, 5) is 14.1. The molecular formula is C20H29N3. The van der Waals surface area contributed by atoms with Gasteiger partial charge in [-0.3, -0.25) is 0 Å². The topological polar surface area (TPSA) is 38.7 Å². The standard InChI is InChI=1S/C20H29N3/c1-4-6-8-10-18-21-19(11-9-7-5-2)23-20(22-18)17-14-12-16(3)13-15-17/h12-15H,4-11H2,1-3H3. The Balaban J connectivity index is 2.22. The van der Waals surface area contributed by atoms with Crippen molar-refractivity contribution in [3.05, 3.63) is 41.5 Å². The van der Waals surface area contributed by atoms with E-state index in [9.17, 15) is 0 Å². The van der Waals surface area contributed by atoms with Gasteiger partial charge < -0.3 is 0 Å². The van der Waals surface area contributed by atoms with E-state index in [1.165, 1.54) is 31.2 Å². The zero-order chi connectivity index (χ0) is 16.5. The first kappa shape index (κ1) is 17.6. The maximum atomic E-state index is 4.71. The minimum atomic E-state index is 0.831. The molecule has 0 N–H and O–H groups in total. The van der Waals surface area contributed by atoms with Crippen molar-refractivity contribution in [1.82, 2.24) is 15.0 Å². The number of aryl methyl sites for hydroxylation is 3. The second kappa shape index (κ2) is 9.39. The van der Waals surface area contributed by atoms with Gasteiger partial charge >= 0.3 is 0 Å². The summed E-state index contributed by atoms with van der Waals surface area (Å²) in [5, 5.41) is 0. The molecular weight excluding hydrogens is 282 g/mol. The summed E-state index contributed by atoms with van der Waals surface area (Å²) in [6.07, 6.45) is 9.13. The molecule has 0 fully saturated rings. The lowest BCUT2D eigenvalue weighted by molar-refractivity contribution is 0.661. The van der Waals surface area contributed by atoms with Gasteiger partial charge in [-0.2, -0.15) is 0 Å². The first-order valence-corrected chi connectivity index (χ1v) is 9.03. The highest BCUT2D eigenvalue weighted by atomic mass is 15.0. The van der Waals surface area contributed by atoms with Crippen molar-refractivity contribution < 1.29 is 0 Å². The van der Waals surface area contributed by atoms with Gasteiger partial charge in [0.1, 0.15) is 11.6 Å². The van der Waals surface area contributed by atoms with Crippen LogP contribution in [0.15, 0.2) is 24.3 Å². The molecule has 0 atom stereocenters. The van der Waals surface area contributed by atoms with Crippen LogP contribution in [0.5, 0.6) is 0 Å². The quantitative estimate of drug-likeness (QED) is 0.589. The fraction of sp³-hybridized carbons (Fsp3) is 0.550. The molecule has 2 aromatic rings. The number of aromatic nitrogens is 3. The Hall–Kier alpha value is -1.77. The number of rotatable bonds is 9. The van der Waals surface area contributed by atoms with Gasteiger partial charge in [0.05, 0.1) is 0 Å². The molecule has 0 saturated carbocycles. The molecule has 0 aliphatic heterocycles. The number of hydrogen-bond donors (Lipinski definition) is 0. The van der Waals surface area contributed by atoms with Crippen LogP contribution in [0, 0.1) is 6.92 Å². The summed E-state index contributed by atoms with van der Waals surface area (Å²) < 4.78 is 0. The van der Waals surface area contributed by atoms with Gasteiger partial charge in [-0.05, 0) is 19.8 Å². The maximum absolute atomic E-state index is 4.71. The minimum Gasteiger partial charge on any atom is -0.218 e. The summed E-state index contributed by atoms with van der Waals surface area (Å²) in [7, 11) is 0. The number of benzene rings is 1. The molecule has 0 spiro atoms. The van der Waals surface area contributed by atoms with Gasteiger partial charge in [0.25, 0.3) is 0 Å². The Kier molecular flexibility index (Phi) is 7.18. The SMILES string of the molecule is CCCCCc1nc(CCCCC)nc(-c2ccc(C)cc2)n1. The summed E-state index contributed by atoms with van der Waals surface area (Å²) in [6, 6.07) is 8.45. The highest BCUT2D eigenvalue weighted by Gasteiger charge is 2.08. The second-order valence-corrected chi connectivity index (χ2v) is 6.27. The van der Waals surface area contributed by atoms with Crippen LogP contribution in [0.2, 0.25) is 0 Å². The third kappa shape index (κ3) is 5.74. The number of hydrogen-bond acceptors (Lipinski definition) is 3. The molecule has 0 aliphatic carbocycles. The van der Waals surface area contributed by atoms with Gasteiger partial charge in [0, 0.05) is 18.4 Å². The van der Waals surface area contributed by atoms with E-state index in [1.54, 1.807) is 0 Å². The van der Waals surface area contributed by atoms with Crippen LogP contribution in [0.3, 0.4) is 0 Å². The van der Waals surface area contributed by atoms with Crippen LogP contribution >= 0.6 is 0 Å².